The number of hydrogen-bond acceptors (Lipinski definition) is 2. The van der Waals surface area contributed by atoms with E-state index in [1.807, 2.05) is 13.0 Å². The van der Waals surface area contributed by atoms with Crippen molar-refractivity contribution in [1.29, 1.82) is 0 Å². The average molecular weight is 241 g/mol. The summed E-state index contributed by atoms with van der Waals surface area (Å²) in [5.41, 5.74) is 6.70. The molecule has 1 aromatic carbocycles. The van der Waals surface area contributed by atoms with Gasteiger partial charge in [0.1, 0.15) is 5.75 Å². The van der Waals surface area contributed by atoms with E-state index in [4.69, 9.17) is 10.5 Å². The van der Waals surface area contributed by atoms with Crippen LogP contribution in [0.2, 0.25) is 0 Å². The van der Waals surface area contributed by atoms with E-state index in [2.05, 4.69) is 0 Å². The summed E-state index contributed by atoms with van der Waals surface area (Å²) in [6, 6.07) is 4.99. The first-order valence-corrected chi connectivity index (χ1v) is 5.73. The smallest absolute Gasteiger partial charge is 0.267 e. The van der Waals surface area contributed by atoms with Crippen LogP contribution in [0, 0.1) is 0 Å². The van der Waals surface area contributed by atoms with Gasteiger partial charge in [0, 0.05) is 11.5 Å². The Hall–Kier alpha value is -1.16. The van der Waals surface area contributed by atoms with Crippen LogP contribution in [0.15, 0.2) is 18.2 Å². The molecule has 0 saturated heterocycles. The SMILES string of the molecule is COc1ccc(C2(C(C)N)CC2)cc1C(F)F. The molecule has 0 bridgehead atoms. The minimum absolute atomic E-state index is 0.0126. The molecule has 2 N–H and O–H groups in total. The van der Waals surface area contributed by atoms with E-state index in [0.29, 0.717) is 0 Å². The zero-order chi connectivity index (χ0) is 12.6. The van der Waals surface area contributed by atoms with Crippen LogP contribution in [-0.2, 0) is 5.41 Å². The lowest BCUT2D eigenvalue weighted by molar-refractivity contribution is 0.147. The van der Waals surface area contributed by atoms with Gasteiger partial charge in [0.2, 0.25) is 0 Å². The van der Waals surface area contributed by atoms with E-state index in [9.17, 15) is 8.78 Å². The highest BCUT2D eigenvalue weighted by Crippen LogP contribution is 2.51. The summed E-state index contributed by atoms with van der Waals surface area (Å²) in [5, 5.41) is 0. The van der Waals surface area contributed by atoms with Gasteiger partial charge in [-0.15, -0.1) is 0 Å². The maximum Gasteiger partial charge on any atom is 0.267 e. The lowest BCUT2D eigenvalue weighted by Crippen LogP contribution is -2.31. The summed E-state index contributed by atoms with van der Waals surface area (Å²) >= 11 is 0. The molecule has 1 saturated carbocycles. The van der Waals surface area contributed by atoms with Crippen molar-refractivity contribution < 1.29 is 13.5 Å². The summed E-state index contributed by atoms with van der Waals surface area (Å²) in [6.45, 7) is 1.93. The molecule has 4 heteroatoms. The monoisotopic (exact) mass is 241 g/mol. The van der Waals surface area contributed by atoms with Gasteiger partial charge in [-0.3, -0.25) is 0 Å². The van der Waals surface area contributed by atoms with Crippen molar-refractivity contribution in [1.82, 2.24) is 0 Å². The largest absolute Gasteiger partial charge is 0.496 e. The first-order chi connectivity index (χ1) is 8.01. The average Bonchev–Trinajstić information content (AvgIpc) is 3.09. The first-order valence-electron chi connectivity index (χ1n) is 5.73. The van der Waals surface area contributed by atoms with Gasteiger partial charge in [0.05, 0.1) is 12.7 Å². The number of benzene rings is 1. The molecule has 1 unspecified atom stereocenters. The second kappa shape index (κ2) is 4.26. The van der Waals surface area contributed by atoms with Crippen molar-refractivity contribution in [3.05, 3.63) is 29.3 Å². The summed E-state index contributed by atoms with van der Waals surface area (Å²) in [5.74, 6) is 0.240. The van der Waals surface area contributed by atoms with Crippen LogP contribution in [0.4, 0.5) is 8.78 Å². The maximum atomic E-state index is 12.9. The molecular weight excluding hydrogens is 224 g/mol. The molecule has 94 valence electrons. The maximum absolute atomic E-state index is 12.9. The Balaban J connectivity index is 2.41. The Morgan fingerprint density at radius 1 is 1.35 bits per heavy atom. The van der Waals surface area contributed by atoms with Gasteiger partial charge in [-0.2, -0.15) is 0 Å². The predicted molar refractivity (Wildman–Crippen MR) is 62.5 cm³/mol. The fourth-order valence-corrected chi connectivity index (χ4v) is 2.36. The highest BCUT2D eigenvalue weighted by molar-refractivity contribution is 5.44. The number of halogens is 2. The van der Waals surface area contributed by atoms with Gasteiger partial charge in [-0.25, -0.2) is 8.78 Å². The molecule has 0 amide bonds. The minimum Gasteiger partial charge on any atom is -0.496 e. The fraction of sp³-hybridized carbons (Fsp3) is 0.538. The third-order valence-corrected chi connectivity index (χ3v) is 3.70. The minimum atomic E-state index is -2.52. The van der Waals surface area contributed by atoms with Crippen molar-refractivity contribution in [2.75, 3.05) is 7.11 Å². The molecule has 1 aromatic rings. The van der Waals surface area contributed by atoms with Crippen LogP contribution in [0.25, 0.3) is 0 Å². The van der Waals surface area contributed by atoms with E-state index in [0.717, 1.165) is 18.4 Å². The standard InChI is InChI=1S/C13H17F2NO/c1-8(16)13(5-6-13)9-3-4-11(17-2)10(7-9)12(14)15/h3-4,7-8,12H,5-6,16H2,1-2H3. The molecule has 0 aliphatic heterocycles. The second-order valence-electron chi connectivity index (χ2n) is 4.70. The Labute approximate surface area is 99.8 Å². The Kier molecular flexibility index (Phi) is 3.08. The van der Waals surface area contributed by atoms with Gasteiger partial charge in [-0.1, -0.05) is 6.07 Å². The third kappa shape index (κ3) is 2.02. The number of methoxy groups -OCH3 is 1. The summed E-state index contributed by atoms with van der Waals surface area (Å²) < 4.78 is 30.7. The summed E-state index contributed by atoms with van der Waals surface area (Å²) in [4.78, 5) is 0. The van der Waals surface area contributed by atoms with Crippen molar-refractivity contribution >= 4 is 0 Å². The third-order valence-electron chi connectivity index (χ3n) is 3.70. The highest BCUT2D eigenvalue weighted by Gasteiger charge is 2.47. The predicted octanol–water partition coefficient (Wildman–Crippen LogP) is 3.01. The molecule has 1 aliphatic carbocycles. The number of rotatable bonds is 4. The molecule has 1 aliphatic rings. The van der Waals surface area contributed by atoms with Crippen LogP contribution >= 0.6 is 0 Å². The first kappa shape index (κ1) is 12.3. The molecule has 2 rings (SSSR count). The van der Waals surface area contributed by atoms with Crippen molar-refractivity contribution in [3.8, 4) is 5.75 Å². The molecule has 1 fully saturated rings. The number of nitrogens with two attached hydrogens (primary N) is 1. The lowest BCUT2D eigenvalue weighted by atomic mass is 9.88. The normalized spacial score (nSPS) is 19.2. The van der Waals surface area contributed by atoms with Crippen molar-refractivity contribution in [2.45, 2.75) is 37.6 Å². The van der Waals surface area contributed by atoms with E-state index >= 15 is 0 Å². The summed E-state index contributed by atoms with van der Waals surface area (Å²) in [7, 11) is 1.40. The Morgan fingerprint density at radius 2 is 2.00 bits per heavy atom. The number of alkyl halides is 2. The van der Waals surface area contributed by atoms with Crippen LogP contribution < -0.4 is 10.5 Å². The molecule has 0 heterocycles. The molecule has 0 spiro atoms. The zero-order valence-electron chi connectivity index (χ0n) is 10.0. The summed E-state index contributed by atoms with van der Waals surface area (Å²) in [6.07, 6.45) is -0.576. The van der Waals surface area contributed by atoms with E-state index in [1.54, 1.807) is 12.1 Å². The zero-order valence-corrected chi connectivity index (χ0v) is 10.0. The van der Waals surface area contributed by atoms with Crippen molar-refractivity contribution in [2.24, 2.45) is 5.73 Å². The lowest BCUT2D eigenvalue weighted by Gasteiger charge is -2.21. The van der Waals surface area contributed by atoms with E-state index in [1.165, 1.54) is 7.11 Å². The van der Waals surface area contributed by atoms with Crippen LogP contribution in [0.1, 0.15) is 37.3 Å². The molecule has 1 atom stereocenters. The number of ether oxygens (including phenoxy) is 1. The number of hydrogen-bond donors (Lipinski definition) is 1. The Morgan fingerprint density at radius 3 is 2.41 bits per heavy atom. The van der Waals surface area contributed by atoms with E-state index in [-0.39, 0.29) is 22.8 Å². The molecule has 0 radical (unpaired) electrons. The fourth-order valence-electron chi connectivity index (χ4n) is 2.36. The quantitative estimate of drug-likeness (QED) is 0.879. The Bertz CT molecular complexity index is 414. The topological polar surface area (TPSA) is 35.2 Å². The molecule has 17 heavy (non-hydrogen) atoms. The van der Waals surface area contributed by atoms with Crippen LogP contribution in [0.3, 0.4) is 0 Å². The molecule has 0 aromatic heterocycles. The van der Waals surface area contributed by atoms with Gasteiger partial charge in [0.25, 0.3) is 6.43 Å². The molecule has 2 nitrogen and oxygen atoms in total. The van der Waals surface area contributed by atoms with Gasteiger partial charge in [0.15, 0.2) is 0 Å². The van der Waals surface area contributed by atoms with E-state index < -0.39 is 6.43 Å². The van der Waals surface area contributed by atoms with Crippen molar-refractivity contribution in [3.63, 3.8) is 0 Å². The highest BCUT2D eigenvalue weighted by atomic mass is 19.3. The van der Waals surface area contributed by atoms with Gasteiger partial charge in [-0.05, 0) is 37.5 Å². The second-order valence-corrected chi connectivity index (χ2v) is 4.70. The van der Waals surface area contributed by atoms with Crippen LogP contribution in [-0.4, -0.2) is 13.2 Å². The van der Waals surface area contributed by atoms with Gasteiger partial charge < -0.3 is 10.5 Å². The molecular formula is C13H17F2NO. The van der Waals surface area contributed by atoms with Crippen LogP contribution in [0.5, 0.6) is 5.75 Å². The van der Waals surface area contributed by atoms with Gasteiger partial charge >= 0.3 is 0 Å².